The summed E-state index contributed by atoms with van der Waals surface area (Å²) in [6.45, 7) is 2.31. The molecule has 3 aromatic rings. The maximum Gasteiger partial charge on any atom is 0.301 e. The summed E-state index contributed by atoms with van der Waals surface area (Å²) in [7, 11) is 0. The van der Waals surface area contributed by atoms with Crippen molar-refractivity contribution < 1.29 is 19.4 Å². The third-order valence-electron chi connectivity index (χ3n) is 4.65. The first-order chi connectivity index (χ1) is 14.5. The summed E-state index contributed by atoms with van der Waals surface area (Å²) < 4.78 is 5.49. The van der Waals surface area contributed by atoms with Crippen molar-refractivity contribution in [2.45, 2.75) is 13.0 Å². The van der Waals surface area contributed by atoms with Crippen LogP contribution < -0.4 is 9.64 Å². The first-order valence-electron chi connectivity index (χ1n) is 9.20. The second-order valence-corrected chi connectivity index (χ2v) is 7.81. The highest BCUT2D eigenvalue weighted by Gasteiger charge is 2.48. The van der Waals surface area contributed by atoms with E-state index in [4.69, 9.17) is 16.3 Å². The van der Waals surface area contributed by atoms with E-state index in [0.29, 0.717) is 33.6 Å². The predicted octanol–water partition coefficient (Wildman–Crippen LogP) is 4.82. The largest absolute Gasteiger partial charge is 0.507 e. The van der Waals surface area contributed by atoms with Crippen molar-refractivity contribution in [2.24, 2.45) is 0 Å². The normalized spacial score (nSPS) is 18.1. The molecule has 4 rings (SSSR count). The maximum absolute atomic E-state index is 13.0. The van der Waals surface area contributed by atoms with E-state index in [-0.39, 0.29) is 11.3 Å². The van der Waals surface area contributed by atoms with Crippen molar-refractivity contribution in [3.05, 3.63) is 81.8 Å². The van der Waals surface area contributed by atoms with E-state index >= 15 is 0 Å². The summed E-state index contributed by atoms with van der Waals surface area (Å²) in [5.41, 5.74) is 0.954. The predicted molar refractivity (Wildman–Crippen MR) is 116 cm³/mol. The van der Waals surface area contributed by atoms with Crippen LogP contribution in [0.4, 0.5) is 5.13 Å². The number of aliphatic hydroxyl groups excluding tert-OH is 1. The molecule has 0 radical (unpaired) electrons. The van der Waals surface area contributed by atoms with Crippen LogP contribution in [0.15, 0.2) is 65.7 Å². The Hall–Kier alpha value is -3.16. The molecule has 152 valence electrons. The van der Waals surface area contributed by atoms with Gasteiger partial charge in [0.1, 0.15) is 11.5 Å². The zero-order valence-electron chi connectivity index (χ0n) is 15.9. The number of Topliss-reactive ketones (excluding diaryl/α,β-unsaturated/α-hetero) is 1. The van der Waals surface area contributed by atoms with Crippen LogP contribution in [0.1, 0.15) is 24.1 Å². The Labute approximate surface area is 182 Å². The number of carbonyl (C=O) groups is 2. The van der Waals surface area contributed by atoms with E-state index in [9.17, 15) is 14.7 Å². The van der Waals surface area contributed by atoms with Crippen molar-refractivity contribution in [2.75, 3.05) is 11.5 Å². The molecule has 1 unspecified atom stereocenters. The van der Waals surface area contributed by atoms with E-state index in [0.717, 1.165) is 0 Å². The number of amides is 1. The molecule has 2 aromatic carbocycles. The number of ether oxygens (including phenoxy) is 1. The number of halogens is 1. The lowest BCUT2D eigenvalue weighted by Gasteiger charge is -2.23. The zero-order chi connectivity index (χ0) is 21.3. The average Bonchev–Trinajstić information content (AvgIpc) is 3.35. The molecule has 0 spiro atoms. The smallest absolute Gasteiger partial charge is 0.301 e. The SMILES string of the molecule is CCOc1cccc(/C(O)=C2\C(=O)C(=O)N(c3nccs3)C2c2cccc(Cl)c2)c1. The fraction of sp³-hybridized carbons (Fsp3) is 0.136. The lowest BCUT2D eigenvalue weighted by Crippen LogP contribution is -2.29. The van der Waals surface area contributed by atoms with E-state index < -0.39 is 17.7 Å². The molecule has 8 heteroatoms. The van der Waals surface area contributed by atoms with Crippen molar-refractivity contribution in [3.63, 3.8) is 0 Å². The number of benzene rings is 2. The molecule has 1 aliphatic heterocycles. The van der Waals surface area contributed by atoms with Crippen LogP contribution in [0.2, 0.25) is 5.02 Å². The molecule has 30 heavy (non-hydrogen) atoms. The number of anilines is 1. The number of hydrogen-bond acceptors (Lipinski definition) is 6. The summed E-state index contributed by atoms with van der Waals surface area (Å²) in [6.07, 6.45) is 1.56. The highest BCUT2D eigenvalue weighted by atomic mass is 35.5. The Kier molecular flexibility index (Phi) is 5.57. The Bertz CT molecular complexity index is 1140. The Balaban J connectivity index is 1.92. The van der Waals surface area contributed by atoms with Crippen LogP contribution in [0.5, 0.6) is 5.75 Å². The van der Waals surface area contributed by atoms with Gasteiger partial charge in [0.15, 0.2) is 5.13 Å². The van der Waals surface area contributed by atoms with Crippen LogP contribution in [0.25, 0.3) is 5.76 Å². The van der Waals surface area contributed by atoms with E-state index in [1.54, 1.807) is 60.1 Å². The monoisotopic (exact) mass is 440 g/mol. The number of ketones is 1. The molecule has 0 bridgehead atoms. The summed E-state index contributed by atoms with van der Waals surface area (Å²) in [5, 5.41) is 13.6. The number of hydrogen-bond donors (Lipinski definition) is 1. The third kappa shape index (κ3) is 3.58. The lowest BCUT2D eigenvalue weighted by atomic mass is 9.95. The van der Waals surface area contributed by atoms with Gasteiger partial charge in [-0.2, -0.15) is 0 Å². The van der Waals surface area contributed by atoms with Gasteiger partial charge in [0, 0.05) is 22.2 Å². The van der Waals surface area contributed by atoms with Gasteiger partial charge in [0.2, 0.25) is 0 Å². The molecule has 1 aliphatic rings. The number of aromatic nitrogens is 1. The molecule has 1 fully saturated rings. The highest BCUT2D eigenvalue weighted by molar-refractivity contribution is 7.14. The third-order valence-corrected chi connectivity index (χ3v) is 5.66. The molecular formula is C22H17ClN2O4S. The average molecular weight is 441 g/mol. The van der Waals surface area contributed by atoms with Gasteiger partial charge in [-0.05, 0) is 36.8 Å². The Morgan fingerprint density at radius 2 is 2.03 bits per heavy atom. The van der Waals surface area contributed by atoms with Crippen LogP contribution in [0.3, 0.4) is 0 Å². The van der Waals surface area contributed by atoms with E-state index in [2.05, 4.69) is 4.98 Å². The fourth-order valence-corrected chi connectivity index (χ4v) is 4.28. The number of aliphatic hydroxyl groups is 1. The van der Waals surface area contributed by atoms with Gasteiger partial charge in [-0.3, -0.25) is 14.5 Å². The number of carbonyl (C=O) groups excluding carboxylic acids is 2. The topological polar surface area (TPSA) is 79.7 Å². The van der Waals surface area contributed by atoms with Gasteiger partial charge in [-0.15, -0.1) is 11.3 Å². The van der Waals surface area contributed by atoms with Gasteiger partial charge in [-0.1, -0.05) is 35.9 Å². The molecule has 1 atom stereocenters. The molecule has 0 saturated carbocycles. The first kappa shape index (κ1) is 20.1. The quantitative estimate of drug-likeness (QED) is 0.349. The molecular weight excluding hydrogens is 424 g/mol. The van der Waals surface area contributed by atoms with Gasteiger partial charge < -0.3 is 9.84 Å². The van der Waals surface area contributed by atoms with Crippen LogP contribution >= 0.6 is 22.9 Å². The van der Waals surface area contributed by atoms with Gasteiger partial charge in [0.05, 0.1) is 18.2 Å². The molecule has 1 amide bonds. The summed E-state index contributed by atoms with van der Waals surface area (Å²) >= 11 is 7.40. The summed E-state index contributed by atoms with van der Waals surface area (Å²) in [4.78, 5) is 31.4. The van der Waals surface area contributed by atoms with E-state index in [1.165, 1.54) is 16.2 Å². The molecule has 1 saturated heterocycles. The van der Waals surface area contributed by atoms with Gasteiger partial charge in [-0.25, -0.2) is 4.98 Å². The standard InChI is InChI=1S/C22H17ClN2O4S/c1-2-29-16-8-4-6-14(12-16)19(26)17-18(13-5-3-7-15(23)11-13)25(21(28)20(17)27)22-24-9-10-30-22/h3-12,18,26H,2H2,1H3/b19-17+. The van der Waals surface area contributed by atoms with Crippen molar-refractivity contribution in [3.8, 4) is 5.75 Å². The van der Waals surface area contributed by atoms with Crippen molar-refractivity contribution in [1.82, 2.24) is 4.98 Å². The minimum atomic E-state index is -0.856. The minimum Gasteiger partial charge on any atom is -0.507 e. The molecule has 2 heterocycles. The van der Waals surface area contributed by atoms with Gasteiger partial charge >= 0.3 is 5.91 Å². The molecule has 0 aliphatic carbocycles. The van der Waals surface area contributed by atoms with E-state index in [1.807, 2.05) is 6.92 Å². The minimum absolute atomic E-state index is 0.0221. The van der Waals surface area contributed by atoms with Crippen molar-refractivity contribution >= 4 is 45.5 Å². The van der Waals surface area contributed by atoms with Crippen LogP contribution in [0, 0.1) is 0 Å². The lowest BCUT2D eigenvalue weighted by molar-refractivity contribution is -0.132. The van der Waals surface area contributed by atoms with Crippen molar-refractivity contribution in [1.29, 1.82) is 0 Å². The number of nitrogens with zero attached hydrogens (tertiary/aromatic N) is 2. The zero-order valence-corrected chi connectivity index (χ0v) is 17.5. The number of thiazole rings is 1. The highest BCUT2D eigenvalue weighted by Crippen LogP contribution is 2.43. The second-order valence-electron chi connectivity index (χ2n) is 6.50. The van der Waals surface area contributed by atoms with Gasteiger partial charge in [0.25, 0.3) is 5.78 Å². The fourth-order valence-electron chi connectivity index (χ4n) is 3.41. The molecule has 1 N–H and O–H groups in total. The Morgan fingerprint density at radius 3 is 2.73 bits per heavy atom. The summed E-state index contributed by atoms with van der Waals surface area (Å²) in [5.74, 6) is -1.26. The maximum atomic E-state index is 13.0. The molecule has 1 aromatic heterocycles. The summed E-state index contributed by atoms with van der Waals surface area (Å²) in [6, 6.07) is 12.8. The van der Waals surface area contributed by atoms with Crippen LogP contribution in [-0.4, -0.2) is 28.4 Å². The second kappa shape index (κ2) is 8.30. The Morgan fingerprint density at radius 1 is 1.23 bits per heavy atom. The first-order valence-corrected chi connectivity index (χ1v) is 10.5. The number of rotatable bonds is 5. The van der Waals surface area contributed by atoms with Crippen LogP contribution in [-0.2, 0) is 9.59 Å². The molecule has 6 nitrogen and oxygen atoms in total.